The maximum Gasteiger partial charge on any atom is 0.323 e. The van der Waals surface area contributed by atoms with E-state index in [1.54, 1.807) is 17.4 Å². The third-order valence-corrected chi connectivity index (χ3v) is 6.08. The van der Waals surface area contributed by atoms with Gasteiger partial charge in [0.05, 0.1) is 8.66 Å². The average Bonchev–Trinajstić information content (AvgIpc) is 3.24. The minimum Gasteiger partial charge on any atom is -0.320 e. The lowest BCUT2D eigenvalue weighted by Crippen LogP contribution is -2.41. The molecule has 0 spiro atoms. The van der Waals surface area contributed by atoms with Gasteiger partial charge in [0.15, 0.2) is 5.82 Å². The largest absolute Gasteiger partial charge is 0.323 e. The van der Waals surface area contributed by atoms with Crippen LogP contribution in [0.5, 0.6) is 0 Å². The van der Waals surface area contributed by atoms with Gasteiger partial charge in [-0.05, 0) is 52.5 Å². The van der Waals surface area contributed by atoms with Crippen molar-refractivity contribution in [1.29, 1.82) is 0 Å². The molecule has 2 fully saturated rings. The van der Waals surface area contributed by atoms with Crippen LogP contribution in [-0.4, -0.2) is 46.8 Å². The number of carbonyl (C=O) groups is 1. The molecule has 2 atom stereocenters. The van der Waals surface area contributed by atoms with Gasteiger partial charge >= 0.3 is 6.03 Å². The highest BCUT2D eigenvalue weighted by molar-refractivity contribution is 9.11. The van der Waals surface area contributed by atoms with Gasteiger partial charge < -0.3 is 10.2 Å². The van der Waals surface area contributed by atoms with Crippen LogP contribution in [-0.2, 0) is 0 Å². The van der Waals surface area contributed by atoms with E-state index in [-0.39, 0.29) is 6.03 Å². The number of rotatable bonds is 2. The first-order valence-electron chi connectivity index (χ1n) is 7.58. The number of likely N-dealkylation sites (tertiary alicyclic amines) is 1. The van der Waals surface area contributed by atoms with E-state index >= 15 is 0 Å². The van der Waals surface area contributed by atoms with E-state index in [0.29, 0.717) is 17.8 Å². The Morgan fingerprint density at radius 1 is 1.30 bits per heavy atom. The minimum atomic E-state index is -0.0814. The summed E-state index contributed by atoms with van der Waals surface area (Å²) in [7, 11) is 0. The summed E-state index contributed by atoms with van der Waals surface area (Å²) in [6.45, 7) is 2.72. The first kappa shape index (κ1) is 15.0. The van der Waals surface area contributed by atoms with E-state index < -0.39 is 0 Å². The summed E-state index contributed by atoms with van der Waals surface area (Å²) in [5, 5.41) is 14.5. The third kappa shape index (κ3) is 2.98. The predicted molar refractivity (Wildman–Crippen MR) is 93.5 cm³/mol. The number of nitrogens with zero attached hydrogens (tertiary/aromatic N) is 3. The second-order valence-electron chi connectivity index (χ2n) is 5.81. The highest BCUT2D eigenvalue weighted by Gasteiger charge is 2.39. The van der Waals surface area contributed by atoms with Crippen molar-refractivity contribution in [2.24, 2.45) is 5.92 Å². The number of fused-ring (bicyclic) bond motifs is 1. The van der Waals surface area contributed by atoms with Gasteiger partial charge in [0.1, 0.15) is 5.69 Å². The molecule has 2 aromatic rings. The van der Waals surface area contributed by atoms with E-state index in [4.69, 9.17) is 0 Å². The molecule has 0 unspecified atom stereocenters. The summed E-state index contributed by atoms with van der Waals surface area (Å²) < 4.78 is 1.06. The molecule has 6 nitrogen and oxygen atoms in total. The summed E-state index contributed by atoms with van der Waals surface area (Å²) in [5.74, 6) is 1.08. The van der Waals surface area contributed by atoms with Crippen molar-refractivity contribution in [3.05, 3.63) is 28.1 Å². The number of hydrogen-bond donors (Lipinski definition) is 2. The Labute approximate surface area is 146 Å². The molecule has 23 heavy (non-hydrogen) atoms. The van der Waals surface area contributed by atoms with Gasteiger partial charge in [0.2, 0.25) is 0 Å². The van der Waals surface area contributed by atoms with Crippen LogP contribution in [0, 0.1) is 5.92 Å². The summed E-state index contributed by atoms with van der Waals surface area (Å²) in [6, 6.07) is 7.89. The van der Waals surface area contributed by atoms with Crippen molar-refractivity contribution < 1.29 is 4.79 Å². The molecule has 4 rings (SSSR count). The maximum absolute atomic E-state index is 12.4. The van der Waals surface area contributed by atoms with Crippen LogP contribution in [0.15, 0.2) is 28.1 Å². The smallest absolute Gasteiger partial charge is 0.320 e. The summed E-state index contributed by atoms with van der Waals surface area (Å²) in [6.07, 6.45) is 1.07. The molecule has 8 heteroatoms. The van der Waals surface area contributed by atoms with Crippen LogP contribution >= 0.6 is 27.3 Å². The average molecular weight is 394 g/mol. The van der Waals surface area contributed by atoms with Gasteiger partial charge in [-0.1, -0.05) is 0 Å². The molecule has 2 amide bonds. The molecule has 0 saturated carbocycles. The Morgan fingerprint density at radius 3 is 2.96 bits per heavy atom. The van der Waals surface area contributed by atoms with Gasteiger partial charge in [-0.15, -0.1) is 21.5 Å². The van der Waals surface area contributed by atoms with Crippen molar-refractivity contribution in [1.82, 2.24) is 20.4 Å². The van der Waals surface area contributed by atoms with E-state index in [9.17, 15) is 4.79 Å². The fourth-order valence-electron chi connectivity index (χ4n) is 3.26. The van der Waals surface area contributed by atoms with Crippen molar-refractivity contribution in [2.75, 3.05) is 25.0 Å². The summed E-state index contributed by atoms with van der Waals surface area (Å²) in [5.41, 5.74) is 0.805. The lowest BCUT2D eigenvalue weighted by molar-refractivity contribution is 0.206. The van der Waals surface area contributed by atoms with Crippen molar-refractivity contribution in [3.8, 4) is 10.6 Å². The second kappa shape index (κ2) is 6.18. The molecule has 0 aliphatic carbocycles. The topological polar surface area (TPSA) is 70.2 Å². The quantitative estimate of drug-likeness (QED) is 0.822. The molecule has 0 bridgehead atoms. The van der Waals surface area contributed by atoms with Gasteiger partial charge in [-0.2, -0.15) is 0 Å². The van der Waals surface area contributed by atoms with Crippen LogP contribution in [0.25, 0.3) is 10.6 Å². The summed E-state index contributed by atoms with van der Waals surface area (Å²) >= 11 is 5.04. The number of urea groups is 1. The zero-order valence-electron chi connectivity index (χ0n) is 12.3. The number of halogens is 1. The van der Waals surface area contributed by atoms with Crippen LogP contribution in [0.3, 0.4) is 0 Å². The number of nitrogens with one attached hydrogen (secondary N) is 2. The lowest BCUT2D eigenvalue weighted by Gasteiger charge is -2.23. The Morgan fingerprint density at radius 2 is 2.22 bits per heavy atom. The first-order chi connectivity index (χ1) is 11.2. The molecular formula is C15H16BrN5OS. The van der Waals surface area contributed by atoms with Crippen molar-refractivity contribution in [2.45, 2.75) is 12.5 Å². The number of hydrogen-bond acceptors (Lipinski definition) is 5. The predicted octanol–water partition coefficient (Wildman–Crippen LogP) is 2.79. The fourth-order valence-corrected chi connectivity index (χ4v) is 4.62. The SMILES string of the molecule is O=C(Nc1ccc(-c2ccc(Br)s2)nn1)N1CC[C@@H]2CNC[C@@H]21. The molecule has 120 valence electrons. The highest BCUT2D eigenvalue weighted by atomic mass is 79.9. The zero-order chi connectivity index (χ0) is 15.8. The van der Waals surface area contributed by atoms with E-state index in [1.165, 1.54) is 0 Å². The fraction of sp³-hybridized carbons (Fsp3) is 0.400. The Kier molecular flexibility index (Phi) is 4.04. The zero-order valence-corrected chi connectivity index (χ0v) is 14.7. The van der Waals surface area contributed by atoms with Crippen molar-refractivity contribution >= 4 is 39.1 Å². The number of thiophene rings is 1. The molecule has 4 heterocycles. The Balaban J connectivity index is 1.43. The third-order valence-electron chi connectivity index (χ3n) is 4.43. The van der Waals surface area contributed by atoms with Gasteiger partial charge in [-0.3, -0.25) is 5.32 Å². The minimum absolute atomic E-state index is 0.0814. The van der Waals surface area contributed by atoms with Crippen LogP contribution < -0.4 is 10.6 Å². The second-order valence-corrected chi connectivity index (χ2v) is 8.27. The van der Waals surface area contributed by atoms with Crippen LogP contribution in [0.4, 0.5) is 10.6 Å². The van der Waals surface area contributed by atoms with Gasteiger partial charge in [0.25, 0.3) is 0 Å². The standard InChI is InChI=1S/C15H16BrN5OS/c16-13-3-2-12(23-13)10-1-4-14(20-19-10)18-15(22)21-6-5-9-7-17-8-11(9)21/h1-4,9,11,17H,5-8H2,(H,18,20,22)/t9-,11+/m1/s1. The molecule has 2 aromatic heterocycles. The van der Waals surface area contributed by atoms with Crippen molar-refractivity contribution in [3.63, 3.8) is 0 Å². The molecule has 2 saturated heterocycles. The van der Waals surface area contributed by atoms with E-state index in [0.717, 1.165) is 40.4 Å². The van der Waals surface area contributed by atoms with Crippen LogP contribution in [0.1, 0.15) is 6.42 Å². The molecule has 0 aromatic carbocycles. The number of carbonyl (C=O) groups excluding carboxylic acids is 1. The lowest BCUT2D eigenvalue weighted by atomic mass is 10.1. The molecule has 2 aliphatic rings. The summed E-state index contributed by atoms with van der Waals surface area (Å²) in [4.78, 5) is 15.4. The van der Waals surface area contributed by atoms with Crippen LogP contribution in [0.2, 0.25) is 0 Å². The number of anilines is 1. The Hall–Kier alpha value is -1.51. The van der Waals surface area contributed by atoms with Gasteiger partial charge in [0, 0.05) is 25.7 Å². The first-order valence-corrected chi connectivity index (χ1v) is 9.19. The van der Waals surface area contributed by atoms with E-state index in [1.807, 2.05) is 23.1 Å². The maximum atomic E-state index is 12.4. The molecule has 0 radical (unpaired) electrons. The monoisotopic (exact) mass is 393 g/mol. The number of aromatic nitrogens is 2. The highest BCUT2D eigenvalue weighted by Crippen LogP contribution is 2.30. The van der Waals surface area contributed by atoms with E-state index in [2.05, 4.69) is 36.8 Å². The molecule has 2 N–H and O–H groups in total. The molecular weight excluding hydrogens is 378 g/mol. The normalized spacial score (nSPS) is 23.1. The number of amides is 2. The molecule has 2 aliphatic heterocycles. The Bertz CT molecular complexity index is 719. The van der Waals surface area contributed by atoms with Gasteiger partial charge in [-0.25, -0.2) is 4.79 Å².